The highest BCUT2D eigenvalue weighted by atomic mass is 16.6. The minimum atomic E-state index is -2.12. The van der Waals surface area contributed by atoms with E-state index in [-0.39, 0.29) is 48.7 Å². The van der Waals surface area contributed by atoms with Gasteiger partial charge in [0.05, 0.1) is 29.8 Å². The third-order valence-electron chi connectivity index (χ3n) is 8.47. The summed E-state index contributed by atoms with van der Waals surface area (Å²) < 4.78 is 0. The summed E-state index contributed by atoms with van der Waals surface area (Å²) >= 11 is 0. The average Bonchev–Trinajstić information content (AvgIpc) is 3.60. The molecule has 2 heterocycles. The van der Waals surface area contributed by atoms with E-state index in [9.17, 15) is 34.7 Å². The number of benzene rings is 3. The summed E-state index contributed by atoms with van der Waals surface area (Å²) in [7, 11) is 0. The minimum Gasteiger partial charge on any atom is -0.399 e. The van der Waals surface area contributed by atoms with Gasteiger partial charge in [-0.3, -0.25) is 24.5 Å². The molecule has 2 aliphatic rings. The minimum absolute atomic E-state index is 0.0256. The second-order valence-corrected chi connectivity index (χ2v) is 11.4. The van der Waals surface area contributed by atoms with Gasteiger partial charge in [0.15, 0.2) is 5.60 Å². The summed E-state index contributed by atoms with van der Waals surface area (Å²) in [6.45, 7) is 2.14. The molecular weight excluding hydrogens is 578 g/mol. The quantitative estimate of drug-likeness (QED) is 0.116. The number of nitrogens with zero attached hydrogens (tertiary/aromatic N) is 3. The van der Waals surface area contributed by atoms with Crippen molar-refractivity contribution in [1.82, 2.24) is 4.90 Å². The van der Waals surface area contributed by atoms with E-state index >= 15 is 0 Å². The number of non-ortho nitro benzene ring substituents is 1. The average molecular weight is 614 g/mol. The highest BCUT2D eigenvalue weighted by Crippen LogP contribution is 2.47. The molecule has 0 spiro atoms. The van der Waals surface area contributed by atoms with Gasteiger partial charge in [0, 0.05) is 53.5 Å². The number of carbonyl (C=O) groups excluding carboxylic acids is 3. The number of nitrogens with one attached hydrogen (secondary N) is 1. The lowest BCUT2D eigenvalue weighted by molar-refractivity contribution is -0.385. The van der Waals surface area contributed by atoms with Crippen LogP contribution in [0.5, 0.6) is 0 Å². The Kier molecular flexibility index (Phi) is 8.98. The van der Waals surface area contributed by atoms with Crippen molar-refractivity contribution in [3.05, 3.63) is 106 Å². The smallest absolute Gasteiger partial charge is 0.269 e. The zero-order valence-corrected chi connectivity index (χ0v) is 24.8. The van der Waals surface area contributed by atoms with Gasteiger partial charge in [0.2, 0.25) is 5.91 Å². The molecule has 12 nitrogen and oxygen atoms in total. The Hall–Kier alpha value is -5.07. The Bertz CT molecular complexity index is 1640. The number of likely N-dealkylation sites (tertiary alicyclic amines) is 1. The van der Waals surface area contributed by atoms with Gasteiger partial charge in [-0.2, -0.15) is 0 Å². The molecule has 3 amide bonds. The number of aliphatic hydroxyl groups excluding tert-OH is 1. The molecule has 0 aliphatic carbocycles. The van der Waals surface area contributed by atoms with Crippen molar-refractivity contribution in [3.8, 4) is 0 Å². The highest BCUT2D eigenvalue weighted by molar-refractivity contribution is 6.07. The van der Waals surface area contributed by atoms with E-state index in [0.29, 0.717) is 34.7 Å². The molecule has 12 heteroatoms. The monoisotopic (exact) mass is 613 g/mol. The fourth-order valence-corrected chi connectivity index (χ4v) is 5.90. The molecule has 3 aromatic rings. The molecule has 1 saturated heterocycles. The summed E-state index contributed by atoms with van der Waals surface area (Å²) in [5, 5.41) is 35.8. The first-order valence-corrected chi connectivity index (χ1v) is 14.7. The zero-order valence-electron chi connectivity index (χ0n) is 24.8. The third kappa shape index (κ3) is 6.28. The van der Waals surface area contributed by atoms with Gasteiger partial charge in [-0.05, 0) is 60.9 Å². The van der Waals surface area contributed by atoms with Crippen molar-refractivity contribution >= 4 is 40.5 Å². The largest absolute Gasteiger partial charge is 0.399 e. The fourth-order valence-electron chi connectivity index (χ4n) is 5.90. The fraction of sp³-hybridized carbons (Fsp3) is 0.303. The second-order valence-electron chi connectivity index (χ2n) is 11.4. The van der Waals surface area contributed by atoms with Gasteiger partial charge in [-0.1, -0.05) is 31.2 Å². The molecule has 5 N–H and O–H groups in total. The van der Waals surface area contributed by atoms with E-state index in [1.807, 2.05) is 0 Å². The van der Waals surface area contributed by atoms with Crippen molar-refractivity contribution in [3.63, 3.8) is 0 Å². The Morgan fingerprint density at radius 1 is 1.16 bits per heavy atom. The maximum atomic E-state index is 13.9. The number of nitro benzene ring substituents is 1. The molecule has 0 aromatic heterocycles. The Balaban J connectivity index is 1.34. The van der Waals surface area contributed by atoms with E-state index in [4.69, 9.17) is 5.73 Å². The second kappa shape index (κ2) is 12.9. The number of nitrogens with two attached hydrogens (primary N) is 1. The van der Waals surface area contributed by atoms with E-state index in [2.05, 4.69) is 5.32 Å². The van der Waals surface area contributed by atoms with Crippen molar-refractivity contribution in [2.75, 3.05) is 29.1 Å². The molecule has 2 aliphatic heterocycles. The number of nitrogen functional groups attached to an aromatic ring is 1. The Morgan fingerprint density at radius 2 is 1.87 bits per heavy atom. The van der Waals surface area contributed by atoms with Crippen LogP contribution in [0.1, 0.15) is 47.7 Å². The normalized spacial score (nSPS) is 20.0. The number of nitro groups is 1. The van der Waals surface area contributed by atoms with Crippen LogP contribution in [0, 0.1) is 16.0 Å². The van der Waals surface area contributed by atoms with Crippen LogP contribution in [0.15, 0.2) is 78.9 Å². The molecular formula is C33H35N5O7. The van der Waals surface area contributed by atoms with Crippen LogP contribution in [0.25, 0.3) is 0 Å². The summed E-state index contributed by atoms with van der Waals surface area (Å²) in [6.07, 6.45) is 4.74. The first kappa shape index (κ1) is 31.4. The number of anilines is 3. The maximum Gasteiger partial charge on any atom is 0.269 e. The van der Waals surface area contributed by atoms with E-state index in [0.717, 1.165) is 12.8 Å². The molecule has 3 atom stereocenters. The molecule has 0 saturated carbocycles. The van der Waals surface area contributed by atoms with Crippen LogP contribution in [-0.4, -0.2) is 57.0 Å². The van der Waals surface area contributed by atoms with E-state index in [1.165, 1.54) is 23.1 Å². The van der Waals surface area contributed by atoms with Crippen LogP contribution in [0.4, 0.5) is 22.7 Å². The van der Waals surface area contributed by atoms with Crippen LogP contribution < -0.4 is 16.0 Å². The summed E-state index contributed by atoms with van der Waals surface area (Å²) in [5.74, 6) is -1.95. The van der Waals surface area contributed by atoms with Gasteiger partial charge in [-0.25, -0.2) is 0 Å². The summed E-state index contributed by atoms with van der Waals surface area (Å²) in [4.78, 5) is 53.2. The van der Waals surface area contributed by atoms with Gasteiger partial charge in [0.1, 0.15) is 0 Å². The van der Waals surface area contributed by atoms with Crippen LogP contribution in [-0.2, 0) is 21.7 Å². The SMILES string of the molecule is C[C@@H](/C=C/CC(=O)N1CCC[C@H]1CO)[C@]1(O)C(=O)N(Cc2ccc(NC(=O)c3ccc(N)cc3)cc2)c2ccc([N+](=O)[O-])cc21. The number of hydrogen-bond donors (Lipinski definition) is 4. The van der Waals surface area contributed by atoms with Crippen molar-refractivity contribution in [1.29, 1.82) is 0 Å². The molecule has 234 valence electrons. The lowest BCUT2D eigenvalue weighted by Gasteiger charge is -2.28. The predicted molar refractivity (Wildman–Crippen MR) is 168 cm³/mol. The number of amides is 3. The van der Waals surface area contributed by atoms with Crippen LogP contribution in [0.2, 0.25) is 0 Å². The van der Waals surface area contributed by atoms with Crippen molar-refractivity contribution in [2.24, 2.45) is 5.92 Å². The number of hydrogen-bond acceptors (Lipinski definition) is 8. The lowest BCUT2D eigenvalue weighted by atomic mass is 9.82. The molecule has 1 fully saturated rings. The number of fused-ring (bicyclic) bond motifs is 1. The molecule has 0 bridgehead atoms. The summed E-state index contributed by atoms with van der Waals surface area (Å²) in [5.41, 5.74) is 5.98. The van der Waals surface area contributed by atoms with Crippen molar-refractivity contribution in [2.45, 2.75) is 44.4 Å². The molecule has 0 radical (unpaired) electrons. The Labute approximate surface area is 259 Å². The first-order chi connectivity index (χ1) is 21.5. The lowest BCUT2D eigenvalue weighted by Crippen LogP contribution is -2.44. The van der Waals surface area contributed by atoms with Crippen molar-refractivity contribution < 1.29 is 29.5 Å². The van der Waals surface area contributed by atoms with E-state index < -0.39 is 22.3 Å². The Morgan fingerprint density at radius 3 is 2.53 bits per heavy atom. The molecule has 3 aromatic carbocycles. The summed E-state index contributed by atoms with van der Waals surface area (Å²) in [6, 6.07) is 17.1. The number of carbonyl (C=O) groups is 3. The van der Waals surface area contributed by atoms with Gasteiger partial charge < -0.3 is 31.1 Å². The first-order valence-electron chi connectivity index (χ1n) is 14.7. The molecule has 45 heavy (non-hydrogen) atoms. The number of aliphatic hydroxyl groups is 2. The van der Waals surface area contributed by atoms with Gasteiger partial charge in [0.25, 0.3) is 17.5 Å². The molecule has 5 rings (SSSR count). The topological polar surface area (TPSA) is 179 Å². The standard InChI is InChI=1S/C33H35N5O7/c1-21(4-2-6-30(40)36-17-3-5-27(36)20-39)33(43)28-18-26(38(44)45)15-16-29(28)37(32(33)42)19-22-7-13-25(14-8-22)35-31(41)23-9-11-24(34)12-10-23/h2,4,7-16,18,21,27,39,43H,3,5-6,17,19-20,34H2,1H3,(H,35,41)/b4-2+/t21-,27-,33+/m0/s1. The third-order valence-corrected chi connectivity index (χ3v) is 8.47. The van der Waals surface area contributed by atoms with Crippen LogP contribution >= 0.6 is 0 Å². The van der Waals surface area contributed by atoms with Crippen LogP contribution in [0.3, 0.4) is 0 Å². The van der Waals surface area contributed by atoms with Gasteiger partial charge >= 0.3 is 0 Å². The van der Waals surface area contributed by atoms with Gasteiger partial charge in [-0.15, -0.1) is 0 Å². The number of rotatable bonds is 10. The van der Waals surface area contributed by atoms with E-state index in [1.54, 1.807) is 72.5 Å². The zero-order chi connectivity index (χ0) is 32.3. The highest BCUT2D eigenvalue weighted by Gasteiger charge is 2.53. The predicted octanol–water partition coefficient (Wildman–Crippen LogP) is 3.73. The molecule has 0 unspecified atom stereocenters. The maximum absolute atomic E-state index is 13.9.